The first-order valence-corrected chi connectivity index (χ1v) is 10.5. The number of piperidine rings is 2. The predicted molar refractivity (Wildman–Crippen MR) is 114 cm³/mol. The molecular weight excluding hydrogens is 364 g/mol. The van der Waals surface area contributed by atoms with Crippen molar-refractivity contribution in [1.29, 1.82) is 0 Å². The standard InChI is InChI=1S/C24H30N2O3/c1-17-11-12-23(28-2)22(13-17)25-24(27)29-21-14-19-9-6-10-20(15-21)26(19)16-18-7-4-3-5-8-18/h3-5,7-8,11-13,19-21H,6,9-10,14-16H2,1-2H3,(H,25,27). The normalized spacial score (nSPS) is 24.0. The Hall–Kier alpha value is -2.53. The smallest absolute Gasteiger partial charge is 0.412 e. The lowest BCUT2D eigenvalue weighted by Gasteiger charge is -2.48. The number of amides is 1. The molecule has 2 aromatic rings. The fraction of sp³-hybridized carbons (Fsp3) is 0.458. The van der Waals surface area contributed by atoms with Crippen molar-refractivity contribution in [3.05, 3.63) is 59.7 Å². The molecule has 5 heteroatoms. The highest BCUT2D eigenvalue weighted by molar-refractivity contribution is 5.87. The largest absolute Gasteiger partial charge is 0.495 e. The van der Waals surface area contributed by atoms with Crippen LogP contribution in [0.5, 0.6) is 5.75 Å². The zero-order chi connectivity index (χ0) is 20.2. The van der Waals surface area contributed by atoms with Gasteiger partial charge in [-0.15, -0.1) is 0 Å². The Bertz CT molecular complexity index is 825. The molecule has 2 aliphatic rings. The van der Waals surface area contributed by atoms with Crippen LogP contribution < -0.4 is 10.1 Å². The van der Waals surface area contributed by atoms with Crippen LogP contribution in [0.3, 0.4) is 0 Å². The van der Waals surface area contributed by atoms with Gasteiger partial charge in [0.1, 0.15) is 11.9 Å². The first-order chi connectivity index (χ1) is 14.1. The van der Waals surface area contributed by atoms with Gasteiger partial charge < -0.3 is 9.47 Å². The molecular formula is C24H30N2O3. The molecule has 2 bridgehead atoms. The van der Waals surface area contributed by atoms with Crippen molar-refractivity contribution in [3.8, 4) is 5.75 Å². The fourth-order valence-electron chi connectivity index (χ4n) is 4.79. The Morgan fingerprint density at radius 1 is 1.10 bits per heavy atom. The van der Waals surface area contributed by atoms with E-state index >= 15 is 0 Å². The molecule has 2 aromatic carbocycles. The molecule has 2 unspecified atom stereocenters. The van der Waals surface area contributed by atoms with Crippen molar-refractivity contribution in [1.82, 2.24) is 4.90 Å². The van der Waals surface area contributed by atoms with Gasteiger partial charge in [-0.25, -0.2) is 4.79 Å². The van der Waals surface area contributed by atoms with E-state index in [0.29, 0.717) is 23.5 Å². The van der Waals surface area contributed by atoms with Crippen LogP contribution in [0.25, 0.3) is 0 Å². The van der Waals surface area contributed by atoms with Gasteiger partial charge in [0.15, 0.2) is 0 Å². The molecule has 2 saturated heterocycles. The molecule has 2 heterocycles. The van der Waals surface area contributed by atoms with Gasteiger partial charge in [-0.05, 0) is 43.0 Å². The summed E-state index contributed by atoms with van der Waals surface area (Å²) < 4.78 is 11.2. The molecule has 2 atom stereocenters. The Kier molecular flexibility index (Phi) is 6.05. The van der Waals surface area contributed by atoms with Gasteiger partial charge in [-0.1, -0.05) is 42.8 Å². The maximum atomic E-state index is 12.5. The molecule has 0 aliphatic carbocycles. The number of ether oxygens (including phenoxy) is 2. The molecule has 4 rings (SSSR count). The molecule has 2 fully saturated rings. The summed E-state index contributed by atoms with van der Waals surface area (Å²) >= 11 is 0. The van der Waals surface area contributed by atoms with Crippen LogP contribution in [0, 0.1) is 6.92 Å². The second-order valence-electron chi connectivity index (χ2n) is 8.22. The second kappa shape index (κ2) is 8.87. The van der Waals surface area contributed by atoms with E-state index in [-0.39, 0.29) is 6.10 Å². The number of fused-ring (bicyclic) bond motifs is 2. The number of methoxy groups -OCH3 is 1. The summed E-state index contributed by atoms with van der Waals surface area (Å²) in [6, 6.07) is 17.3. The first-order valence-electron chi connectivity index (χ1n) is 10.5. The maximum Gasteiger partial charge on any atom is 0.412 e. The molecule has 0 radical (unpaired) electrons. The van der Waals surface area contributed by atoms with Crippen molar-refractivity contribution in [2.75, 3.05) is 12.4 Å². The number of nitrogens with zero attached hydrogens (tertiary/aromatic N) is 1. The summed E-state index contributed by atoms with van der Waals surface area (Å²) in [6.45, 7) is 2.97. The van der Waals surface area contributed by atoms with E-state index in [0.717, 1.165) is 24.9 Å². The second-order valence-corrected chi connectivity index (χ2v) is 8.22. The molecule has 5 nitrogen and oxygen atoms in total. The lowest BCUT2D eigenvalue weighted by molar-refractivity contribution is -0.0348. The number of hydrogen-bond donors (Lipinski definition) is 1. The molecule has 1 amide bonds. The number of benzene rings is 2. The number of carbonyl (C=O) groups is 1. The van der Waals surface area contributed by atoms with Crippen molar-refractivity contribution >= 4 is 11.8 Å². The number of rotatable bonds is 5. The highest BCUT2D eigenvalue weighted by Crippen LogP contribution is 2.36. The SMILES string of the molecule is COc1ccc(C)cc1NC(=O)OC1CC2CCCC(C1)N2Cc1ccccc1. The zero-order valence-electron chi connectivity index (χ0n) is 17.3. The van der Waals surface area contributed by atoms with Crippen molar-refractivity contribution in [2.24, 2.45) is 0 Å². The van der Waals surface area contributed by atoms with Gasteiger partial charge in [-0.3, -0.25) is 10.2 Å². The fourth-order valence-corrected chi connectivity index (χ4v) is 4.79. The van der Waals surface area contributed by atoms with Crippen molar-refractivity contribution in [2.45, 2.75) is 63.8 Å². The summed E-state index contributed by atoms with van der Waals surface area (Å²) in [5.74, 6) is 0.641. The summed E-state index contributed by atoms with van der Waals surface area (Å²) in [4.78, 5) is 15.2. The van der Waals surface area contributed by atoms with Gasteiger partial charge in [-0.2, -0.15) is 0 Å². The number of hydrogen-bond acceptors (Lipinski definition) is 4. The highest BCUT2D eigenvalue weighted by atomic mass is 16.6. The van der Waals surface area contributed by atoms with E-state index < -0.39 is 6.09 Å². The maximum absolute atomic E-state index is 12.5. The summed E-state index contributed by atoms with van der Waals surface area (Å²) in [5.41, 5.74) is 3.07. The lowest BCUT2D eigenvalue weighted by atomic mass is 9.82. The van der Waals surface area contributed by atoms with Gasteiger partial charge >= 0.3 is 6.09 Å². The van der Waals surface area contributed by atoms with Crippen molar-refractivity contribution < 1.29 is 14.3 Å². The van der Waals surface area contributed by atoms with E-state index in [4.69, 9.17) is 9.47 Å². The average molecular weight is 395 g/mol. The molecule has 0 aromatic heterocycles. The third-order valence-corrected chi connectivity index (χ3v) is 6.16. The van der Waals surface area contributed by atoms with E-state index in [1.807, 2.05) is 25.1 Å². The third-order valence-electron chi connectivity index (χ3n) is 6.16. The molecule has 29 heavy (non-hydrogen) atoms. The van der Waals surface area contributed by atoms with Crippen LogP contribution in [0.15, 0.2) is 48.5 Å². The third kappa shape index (κ3) is 4.73. The van der Waals surface area contributed by atoms with E-state index in [2.05, 4.69) is 40.5 Å². The quantitative estimate of drug-likeness (QED) is 0.763. The highest BCUT2D eigenvalue weighted by Gasteiger charge is 2.39. The van der Waals surface area contributed by atoms with Gasteiger partial charge in [0.05, 0.1) is 12.8 Å². The Labute approximate surface area is 173 Å². The van der Waals surface area contributed by atoms with Crippen LogP contribution in [0.4, 0.5) is 10.5 Å². The van der Waals surface area contributed by atoms with E-state index in [1.165, 1.54) is 24.8 Å². The number of aryl methyl sites for hydroxylation is 1. The van der Waals surface area contributed by atoms with Crippen molar-refractivity contribution in [3.63, 3.8) is 0 Å². The Morgan fingerprint density at radius 2 is 1.83 bits per heavy atom. The van der Waals surface area contributed by atoms with Crippen LogP contribution >= 0.6 is 0 Å². The number of anilines is 1. The minimum absolute atomic E-state index is 0.0341. The topological polar surface area (TPSA) is 50.8 Å². The van der Waals surface area contributed by atoms with Crippen LogP contribution in [0.1, 0.15) is 43.2 Å². The molecule has 2 aliphatic heterocycles. The van der Waals surface area contributed by atoms with Gasteiger partial charge in [0.25, 0.3) is 0 Å². The molecule has 0 saturated carbocycles. The number of nitrogens with one attached hydrogen (secondary N) is 1. The predicted octanol–water partition coefficient (Wildman–Crippen LogP) is 5.14. The minimum atomic E-state index is -0.395. The molecule has 1 N–H and O–H groups in total. The van der Waals surface area contributed by atoms with Gasteiger partial charge in [0.2, 0.25) is 0 Å². The van der Waals surface area contributed by atoms with Crippen LogP contribution in [-0.2, 0) is 11.3 Å². The Morgan fingerprint density at radius 3 is 2.52 bits per heavy atom. The monoisotopic (exact) mass is 394 g/mol. The van der Waals surface area contributed by atoms with Crippen LogP contribution in [-0.4, -0.2) is 36.3 Å². The van der Waals surface area contributed by atoms with E-state index in [9.17, 15) is 4.79 Å². The first kappa shape index (κ1) is 19.8. The average Bonchev–Trinajstić information content (AvgIpc) is 2.69. The lowest BCUT2D eigenvalue weighted by Crippen LogP contribution is -2.53. The molecule has 154 valence electrons. The molecule has 0 spiro atoms. The summed E-state index contributed by atoms with van der Waals surface area (Å²) in [7, 11) is 1.60. The Balaban J connectivity index is 1.38. The van der Waals surface area contributed by atoms with Crippen LogP contribution in [0.2, 0.25) is 0 Å². The van der Waals surface area contributed by atoms with E-state index in [1.54, 1.807) is 7.11 Å². The van der Waals surface area contributed by atoms with Gasteiger partial charge in [0, 0.05) is 31.5 Å². The number of carbonyl (C=O) groups excluding carboxylic acids is 1. The zero-order valence-corrected chi connectivity index (χ0v) is 17.3. The summed E-state index contributed by atoms with van der Waals surface area (Å²) in [5, 5.41) is 2.87. The minimum Gasteiger partial charge on any atom is -0.495 e. The summed E-state index contributed by atoms with van der Waals surface area (Å²) in [6.07, 6.45) is 5.00.